The molecule has 210 valence electrons. The Bertz CT molecular complexity index is 1030. The van der Waals surface area contributed by atoms with Gasteiger partial charge in [-0.3, -0.25) is 14.1 Å². The predicted molar refractivity (Wildman–Crippen MR) is 116 cm³/mol. The first-order valence-electron chi connectivity index (χ1n) is 11.9. The van der Waals surface area contributed by atoms with Crippen molar-refractivity contribution in [2.24, 2.45) is 5.92 Å². The summed E-state index contributed by atoms with van der Waals surface area (Å²) in [6.45, 7) is 4.23. The number of esters is 4. The van der Waals surface area contributed by atoms with Gasteiger partial charge in [-0.2, -0.15) is 17.2 Å². The Labute approximate surface area is 212 Å². The molecule has 0 amide bonds. The van der Waals surface area contributed by atoms with E-state index in [1.807, 2.05) is 6.92 Å². The highest BCUT2D eigenvalue weighted by molar-refractivity contribution is 7.86. The zero-order valence-electron chi connectivity index (χ0n) is 20.5. The van der Waals surface area contributed by atoms with Gasteiger partial charge in [0, 0.05) is 12.3 Å². The fraction of sp³-hybridized carbons (Fsp3) is 0.818. The van der Waals surface area contributed by atoms with E-state index in [-0.39, 0.29) is 24.5 Å². The second-order valence-corrected chi connectivity index (χ2v) is 11.1. The Morgan fingerprint density at radius 1 is 1.16 bits per heavy atom. The highest BCUT2D eigenvalue weighted by Crippen LogP contribution is 2.46. The molecule has 15 heteroatoms. The number of halogens is 2. The summed E-state index contributed by atoms with van der Waals surface area (Å²) in [4.78, 5) is 48.6. The van der Waals surface area contributed by atoms with E-state index in [9.17, 15) is 36.4 Å². The molecule has 3 saturated heterocycles. The van der Waals surface area contributed by atoms with Gasteiger partial charge in [-0.25, -0.2) is 9.59 Å². The van der Waals surface area contributed by atoms with E-state index < -0.39 is 76.0 Å². The Balaban J connectivity index is 1.46. The summed E-state index contributed by atoms with van der Waals surface area (Å²) >= 11 is 0. The van der Waals surface area contributed by atoms with Crippen LogP contribution < -0.4 is 0 Å². The average Bonchev–Trinajstić information content (AvgIpc) is 3.53. The number of hydrogen-bond donors (Lipinski definition) is 1. The third kappa shape index (κ3) is 6.37. The molecule has 7 atom stereocenters. The molecule has 0 aromatic carbocycles. The largest absolute Gasteiger partial charge is 0.456 e. The van der Waals surface area contributed by atoms with Crippen LogP contribution in [0.15, 0.2) is 0 Å². The highest BCUT2D eigenvalue weighted by Gasteiger charge is 2.53. The third-order valence-corrected chi connectivity index (χ3v) is 8.09. The van der Waals surface area contributed by atoms with Crippen LogP contribution in [0.4, 0.5) is 8.78 Å². The standard InChI is InChI=1S/C22H30F2O12S/c1-4-21(3,13-9-12-5-6-14(13)33-12)36-20(28)16-10-15(19(27)35-16)34-18(26)8-7-17(25)32-11(2)22(23,24)37(29,30)31/h11-16H,4-10H2,1-3H3,(H,29,30,31). The Morgan fingerprint density at radius 3 is 2.35 bits per heavy atom. The van der Waals surface area contributed by atoms with Crippen molar-refractivity contribution in [3.8, 4) is 0 Å². The van der Waals surface area contributed by atoms with E-state index in [0.717, 1.165) is 19.3 Å². The lowest BCUT2D eigenvalue weighted by Gasteiger charge is -2.38. The Hall–Kier alpha value is -2.39. The maximum atomic E-state index is 13.4. The second kappa shape index (κ2) is 10.8. The van der Waals surface area contributed by atoms with Crippen LogP contribution in [-0.2, 0) is 53.0 Å². The number of fused-ring (bicyclic) bond motifs is 2. The first kappa shape index (κ1) is 29.2. The number of rotatable bonds is 11. The molecule has 3 aliphatic heterocycles. The molecular formula is C22H30F2O12S. The third-order valence-electron chi connectivity index (χ3n) is 7.07. The molecule has 0 saturated carbocycles. The van der Waals surface area contributed by atoms with Crippen LogP contribution in [-0.4, -0.2) is 78.2 Å². The summed E-state index contributed by atoms with van der Waals surface area (Å²) in [6.07, 6.45) is -3.78. The van der Waals surface area contributed by atoms with Crippen molar-refractivity contribution >= 4 is 34.0 Å². The summed E-state index contributed by atoms with van der Waals surface area (Å²) in [6, 6.07) is 0. The van der Waals surface area contributed by atoms with E-state index in [1.54, 1.807) is 6.92 Å². The maximum Gasteiger partial charge on any atom is 0.405 e. The van der Waals surface area contributed by atoms with Crippen LogP contribution >= 0.6 is 0 Å². The molecule has 3 fully saturated rings. The van der Waals surface area contributed by atoms with Gasteiger partial charge in [0.2, 0.25) is 12.2 Å². The lowest BCUT2D eigenvalue weighted by Crippen LogP contribution is -2.45. The molecule has 0 aromatic rings. The maximum absolute atomic E-state index is 13.4. The predicted octanol–water partition coefficient (Wildman–Crippen LogP) is 1.69. The Kier molecular flexibility index (Phi) is 8.49. The molecule has 2 bridgehead atoms. The molecule has 1 N–H and O–H groups in total. The summed E-state index contributed by atoms with van der Waals surface area (Å²) < 4.78 is 82.6. The molecule has 3 aliphatic rings. The SMILES string of the molecule is CCC(C)(OC(=O)C1CC(OC(=O)CCC(=O)OC(C)C(F)(F)S(=O)(=O)O)C(=O)O1)C1CC2CCC1O2. The molecule has 3 rings (SSSR count). The van der Waals surface area contributed by atoms with Crippen molar-refractivity contribution < 1.29 is 64.6 Å². The molecule has 0 radical (unpaired) electrons. The van der Waals surface area contributed by atoms with Gasteiger partial charge in [-0.05, 0) is 39.5 Å². The number of carbonyl (C=O) groups excluding carboxylic acids is 4. The summed E-state index contributed by atoms with van der Waals surface area (Å²) in [5.41, 5.74) is -0.832. The van der Waals surface area contributed by atoms with Crippen LogP contribution in [0.25, 0.3) is 0 Å². The van der Waals surface area contributed by atoms with Crippen molar-refractivity contribution in [1.29, 1.82) is 0 Å². The number of carbonyl (C=O) groups is 4. The van der Waals surface area contributed by atoms with Gasteiger partial charge in [0.05, 0.1) is 25.0 Å². The molecular weight excluding hydrogens is 526 g/mol. The summed E-state index contributed by atoms with van der Waals surface area (Å²) in [5.74, 6) is -4.21. The van der Waals surface area contributed by atoms with Crippen molar-refractivity contribution in [3.05, 3.63) is 0 Å². The van der Waals surface area contributed by atoms with E-state index >= 15 is 0 Å². The summed E-state index contributed by atoms with van der Waals surface area (Å²) in [7, 11) is -5.83. The zero-order chi connectivity index (χ0) is 27.8. The lowest BCUT2D eigenvalue weighted by molar-refractivity contribution is -0.180. The zero-order valence-corrected chi connectivity index (χ0v) is 21.3. The molecule has 0 spiro atoms. The molecule has 37 heavy (non-hydrogen) atoms. The topological polar surface area (TPSA) is 169 Å². The molecule has 12 nitrogen and oxygen atoms in total. The fourth-order valence-corrected chi connectivity index (χ4v) is 5.21. The van der Waals surface area contributed by atoms with E-state index in [1.165, 1.54) is 0 Å². The number of cyclic esters (lactones) is 1. The average molecular weight is 557 g/mol. The quantitative estimate of drug-likeness (QED) is 0.222. The molecule has 0 aliphatic carbocycles. The van der Waals surface area contributed by atoms with Gasteiger partial charge in [-0.15, -0.1) is 0 Å². The molecule has 0 aromatic heterocycles. The molecule has 3 heterocycles. The van der Waals surface area contributed by atoms with Crippen molar-refractivity contribution in [2.45, 2.75) is 107 Å². The monoisotopic (exact) mass is 556 g/mol. The van der Waals surface area contributed by atoms with E-state index in [2.05, 4.69) is 4.74 Å². The second-order valence-electron chi connectivity index (χ2n) is 9.61. The van der Waals surface area contributed by atoms with Gasteiger partial charge in [0.15, 0.2) is 6.10 Å². The fourth-order valence-electron chi connectivity index (χ4n) is 4.74. The highest BCUT2D eigenvalue weighted by atomic mass is 32.2. The Morgan fingerprint density at radius 2 is 1.81 bits per heavy atom. The van der Waals surface area contributed by atoms with Gasteiger partial charge in [0.25, 0.3) is 0 Å². The minimum Gasteiger partial charge on any atom is -0.456 e. The first-order valence-corrected chi connectivity index (χ1v) is 13.3. The summed E-state index contributed by atoms with van der Waals surface area (Å²) in [5, 5.41) is -4.75. The van der Waals surface area contributed by atoms with Crippen molar-refractivity contribution in [3.63, 3.8) is 0 Å². The van der Waals surface area contributed by atoms with Gasteiger partial charge < -0.3 is 23.7 Å². The van der Waals surface area contributed by atoms with Crippen LogP contribution in [0.1, 0.15) is 65.7 Å². The van der Waals surface area contributed by atoms with Gasteiger partial charge in [-0.1, -0.05) is 6.92 Å². The van der Waals surface area contributed by atoms with E-state index in [0.29, 0.717) is 13.3 Å². The van der Waals surface area contributed by atoms with Crippen LogP contribution in [0, 0.1) is 5.92 Å². The number of hydrogen-bond acceptors (Lipinski definition) is 11. The van der Waals surface area contributed by atoms with Gasteiger partial charge in [0.1, 0.15) is 5.60 Å². The smallest absolute Gasteiger partial charge is 0.405 e. The van der Waals surface area contributed by atoms with E-state index in [4.69, 9.17) is 23.5 Å². The minimum atomic E-state index is -5.83. The molecule has 7 unspecified atom stereocenters. The van der Waals surface area contributed by atoms with Crippen LogP contribution in [0.3, 0.4) is 0 Å². The number of ether oxygens (including phenoxy) is 5. The van der Waals surface area contributed by atoms with Crippen molar-refractivity contribution in [2.75, 3.05) is 0 Å². The normalized spacial score (nSPS) is 29.8. The van der Waals surface area contributed by atoms with Crippen LogP contribution in [0.5, 0.6) is 0 Å². The van der Waals surface area contributed by atoms with Crippen LogP contribution in [0.2, 0.25) is 0 Å². The lowest BCUT2D eigenvalue weighted by atomic mass is 9.76. The van der Waals surface area contributed by atoms with Crippen molar-refractivity contribution in [1.82, 2.24) is 0 Å². The van der Waals surface area contributed by atoms with Gasteiger partial charge >= 0.3 is 39.2 Å². The minimum absolute atomic E-state index is 0.00321. The number of alkyl halides is 2. The first-order chi connectivity index (χ1) is 17.1.